The molecule has 2 unspecified atom stereocenters. The fourth-order valence-electron chi connectivity index (χ4n) is 3.33. The molecule has 0 aromatic heterocycles. The second-order valence-electron chi connectivity index (χ2n) is 12.0. The Hall–Kier alpha value is -1.30. The van der Waals surface area contributed by atoms with E-state index in [1.165, 1.54) is 0 Å². The van der Waals surface area contributed by atoms with E-state index in [0.29, 0.717) is 13.2 Å². The molecule has 42 heavy (non-hydrogen) atoms. The predicted octanol–water partition coefficient (Wildman–Crippen LogP) is 3.69. The first-order valence-corrected chi connectivity index (χ1v) is 16.3. The first kappa shape index (κ1) is 42.8. The number of carbonyl (C=O) groups excluding carboxylic acids is 2. The SMILES string of the molecule is CCC(C)(C)C(=O)OCC1CO1.CCN(CC)CCCN.CCN(CC)CCCNCC(O)COC(=O)C(C)(C)CC. The van der Waals surface area contributed by atoms with Crippen molar-refractivity contribution in [1.29, 1.82) is 0 Å². The third kappa shape index (κ3) is 22.3. The van der Waals surface area contributed by atoms with Crippen LogP contribution in [0.4, 0.5) is 0 Å². The van der Waals surface area contributed by atoms with Crippen molar-refractivity contribution in [1.82, 2.24) is 15.1 Å². The third-order valence-corrected chi connectivity index (χ3v) is 7.76. The summed E-state index contributed by atoms with van der Waals surface area (Å²) in [4.78, 5) is 27.9. The maximum absolute atomic E-state index is 11.8. The highest BCUT2D eigenvalue weighted by Gasteiger charge is 2.30. The van der Waals surface area contributed by atoms with E-state index in [0.717, 1.165) is 84.6 Å². The van der Waals surface area contributed by atoms with Crippen LogP contribution < -0.4 is 11.1 Å². The molecule has 0 spiro atoms. The van der Waals surface area contributed by atoms with E-state index in [1.54, 1.807) is 0 Å². The molecule has 1 saturated heterocycles. The van der Waals surface area contributed by atoms with Crippen molar-refractivity contribution in [2.75, 3.05) is 78.7 Å². The van der Waals surface area contributed by atoms with Gasteiger partial charge in [0, 0.05) is 6.54 Å². The van der Waals surface area contributed by atoms with E-state index in [1.807, 2.05) is 41.5 Å². The molecule has 4 N–H and O–H groups in total. The Morgan fingerprint density at radius 2 is 1.33 bits per heavy atom. The van der Waals surface area contributed by atoms with Crippen molar-refractivity contribution in [2.45, 2.75) is 107 Å². The standard InChI is InChI=1S/C16H34N2O3.C9H16O3.C7H18N2/c1-6-16(4,5)15(20)21-13-14(19)12-17-10-9-11-18(7-2)8-3;1-4-9(2,3)8(10)12-6-7-5-11-7;1-3-9(4-2)7-5-6-8/h14,17,19H,6-13H2,1-5H3;7H,4-6H2,1-3H3;3-8H2,1-2H3. The van der Waals surface area contributed by atoms with E-state index in [2.05, 4.69) is 42.8 Å². The van der Waals surface area contributed by atoms with Crippen LogP contribution in [-0.4, -0.2) is 118 Å². The van der Waals surface area contributed by atoms with Crippen LogP contribution in [0.1, 0.15) is 94.9 Å². The maximum atomic E-state index is 11.8. The Kier molecular flexibility index (Phi) is 25.6. The molecule has 0 amide bonds. The number of hydrogen-bond acceptors (Lipinski definition) is 10. The van der Waals surface area contributed by atoms with Crippen LogP contribution in [0.5, 0.6) is 0 Å². The van der Waals surface area contributed by atoms with Crippen LogP contribution in [0.25, 0.3) is 0 Å². The Morgan fingerprint density at radius 3 is 1.74 bits per heavy atom. The average Bonchev–Trinajstić information content (AvgIpc) is 3.82. The summed E-state index contributed by atoms with van der Waals surface area (Å²) < 4.78 is 15.1. The van der Waals surface area contributed by atoms with Crippen molar-refractivity contribution in [3.8, 4) is 0 Å². The number of aliphatic hydroxyl groups excluding tert-OH is 1. The van der Waals surface area contributed by atoms with Gasteiger partial charge in [0.05, 0.1) is 17.4 Å². The Morgan fingerprint density at radius 1 is 0.881 bits per heavy atom. The van der Waals surface area contributed by atoms with Gasteiger partial charge in [0.15, 0.2) is 0 Å². The molecular formula is C32H68N4O6. The summed E-state index contributed by atoms with van der Waals surface area (Å²) in [5.41, 5.74) is 4.53. The van der Waals surface area contributed by atoms with Gasteiger partial charge in [-0.25, -0.2) is 0 Å². The van der Waals surface area contributed by atoms with Gasteiger partial charge in [-0.3, -0.25) is 9.59 Å². The number of esters is 2. The Balaban J connectivity index is 0. The van der Waals surface area contributed by atoms with E-state index >= 15 is 0 Å². The highest BCUT2D eigenvalue weighted by molar-refractivity contribution is 5.76. The molecule has 0 aliphatic carbocycles. The molecule has 252 valence electrons. The lowest BCUT2D eigenvalue weighted by Gasteiger charge is -2.22. The summed E-state index contributed by atoms with van der Waals surface area (Å²) in [5.74, 6) is -0.369. The molecule has 2 atom stereocenters. The monoisotopic (exact) mass is 605 g/mol. The number of carbonyl (C=O) groups is 2. The molecule has 10 nitrogen and oxygen atoms in total. The van der Waals surface area contributed by atoms with E-state index in [9.17, 15) is 14.7 Å². The minimum atomic E-state index is -0.643. The number of ether oxygens (including phenoxy) is 3. The Labute approximate surface area is 258 Å². The van der Waals surface area contributed by atoms with Crippen molar-refractivity contribution >= 4 is 11.9 Å². The molecule has 1 aliphatic rings. The van der Waals surface area contributed by atoms with Crippen LogP contribution >= 0.6 is 0 Å². The number of epoxide rings is 1. The molecule has 1 rings (SSSR count). The summed E-state index contributed by atoms with van der Waals surface area (Å²) in [6.07, 6.45) is 3.23. The summed E-state index contributed by atoms with van der Waals surface area (Å²) in [6, 6.07) is 0. The normalized spacial score (nSPS) is 15.3. The summed E-state index contributed by atoms with van der Waals surface area (Å²) in [5, 5.41) is 13.0. The highest BCUT2D eigenvalue weighted by atomic mass is 16.6. The largest absolute Gasteiger partial charge is 0.462 e. The van der Waals surface area contributed by atoms with Gasteiger partial charge in [-0.15, -0.1) is 0 Å². The molecule has 0 bridgehead atoms. The van der Waals surface area contributed by atoms with Gasteiger partial charge >= 0.3 is 11.9 Å². The lowest BCUT2D eigenvalue weighted by atomic mass is 9.91. The molecule has 1 heterocycles. The zero-order valence-electron chi connectivity index (χ0n) is 28.9. The minimum Gasteiger partial charge on any atom is -0.462 e. The maximum Gasteiger partial charge on any atom is 0.311 e. The van der Waals surface area contributed by atoms with Gasteiger partial charge in [0.25, 0.3) is 0 Å². The lowest BCUT2D eigenvalue weighted by Crippen LogP contribution is -2.35. The number of nitrogens with one attached hydrogen (secondary N) is 1. The van der Waals surface area contributed by atoms with Crippen molar-refractivity contribution in [2.24, 2.45) is 16.6 Å². The van der Waals surface area contributed by atoms with Gasteiger partial charge in [0.2, 0.25) is 0 Å². The summed E-state index contributed by atoms with van der Waals surface area (Å²) in [6.45, 7) is 30.1. The molecule has 1 aliphatic heterocycles. The number of rotatable bonds is 21. The van der Waals surface area contributed by atoms with Gasteiger partial charge in [-0.1, -0.05) is 41.5 Å². The van der Waals surface area contributed by atoms with Gasteiger partial charge in [-0.05, 0) is 106 Å². The quantitative estimate of drug-likeness (QED) is 0.101. The molecular weight excluding hydrogens is 536 g/mol. The molecule has 0 aromatic rings. The van der Waals surface area contributed by atoms with Gasteiger partial charge < -0.3 is 40.2 Å². The molecule has 0 radical (unpaired) electrons. The van der Waals surface area contributed by atoms with E-state index in [4.69, 9.17) is 19.9 Å². The van der Waals surface area contributed by atoms with E-state index < -0.39 is 11.5 Å². The van der Waals surface area contributed by atoms with Crippen molar-refractivity contribution < 1.29 is 28.9 Å². The second kappa shape index (κ2) is 25.1. The van der Waals surface area contributed by atoms with Crippen LogP contribution in [0.15, 0.2) is 0 Å². The predicted molar refractivity (Wildman–Crippen MR) is 173 cm³/mol. The van der Waals surface area contributed by atoms with Crippen molar-refractivity contribution in [3.05, 3.63) is 0 Å². The fraction of sp³-hybridized carbons (Fsp3) is 0.938. The van der Waals surface area contributed by atoms with Crippen molar-refractivity contribution in [3.63, 3.8) is 0 Å². The Bertz CT molecular complexity index is 665. The summed E-state index contributed by atoms with van der Waals surface area (Å²) >= 11 is 0. The van der Waals surface area contributed by atoms with Gasteiger partial charge in [-0.2, -0.15) is 0 Å². The minimum absolute atomic E-state index is 0.0608. The molecule has 1 fully saturated rings. The number of hydrogen-bond donors (Lipinski definition) is 3. The van der Waals surface area contributed by atoms with E-state index in [-0.39, 0.29) is 30.1 Å². The summed E-state index contributed by atoms with van der Waals surface area (Å²) in [7, 11) is 0. The zero-order chi connectivity index (χ0) is 32.6. The topological polar surface area (TPSA) is 130 Å². The van der Waals surface area contributed by atoms with Crippen LogP contribution in [0.2, 0.25) is 0 Å². The van der Waals surface area contributed by atoms with Crippen LogP contribution in [0.3, 0.4) is 0 Å². The number of nitrogens with zero attached hydrogens (tertiary/aromatic N) is 2. The fourth-order valence-corrected chi connectivity index (χ4v) is 3.33. The zero-order valence-corrected chi connectivity index (χ0v) is 28.9. The number of aliphatic hydroxyl groups is 1. The molecule has 0 aromatic carbocycles. The smallest absolute Gasteiger partial charge is 0.311 e. The first-order valence-electron chi connectivity index (χ1n) is 16.3. The third-order valence-electron chi connectivity index (χ3n) is 7.76. The molecule has 10 heteroatoms. The molecule has 0 saturated carbocycles. The number of nitrogens with two attached hydrogens (primary N) is 1. The first-order chi connectivity index (χ1) is 19.8. The average molecular weight is 605 g/mol. The highest BCUT2D eigenvalue weighted by Crippen LogP contribution is 2.22. The lowest BCUT2D eigenvalue weighted by molar-refractivity contribution is -0.157. The second-order valence-corrected chi connectivity index (χ2v) is 12.0. The van der Waals surface area contributed by atoms with Gasteiger partial charge in [0.1, 0.15) is 25.4 Å². The van der Waals surface area contributed by atoms with Crippen LogP contribution in [0, 0.1) is 10.8 Å². The van der Waals surface area contributed by atoms with Crippen LogP contribution in [-0.2, 0) is 23.8 Å².